The van der Waals surface area contributed by atoms with E-state index in [0.717, 1.165) is 22.9 Å². The molecule has 0 aliphatic carbocycles. The van der Waals surface area contributed by atoms with Crippen LogP contribution < -0.4 is 24.7 Å². The van der Waals surface area contributed by atoms with Gasteiger partial charge in [-0.2, -0.15) is 15.1 Å². The summed E-state index contributed by atoms with van der Waals surface area (Å²) in [6.45, 7) is 3.07. The predicted octanol–water partition coefficient (Wildman–Crippen LogP) is 5.78. The van der Waals surface area contributed by atoms with Gasteiger partial charge in [-0.25, -0.2) is 0 Å². The lowest BCUT2D eigenvalue weighted by Gasteiger charge is -2.17. The summed E-state index contributed by atoms with van der Waals surface area (Å²) < 4.78 is 11.9. The highest BCUT2D eigenvalue weighted by molar-refractivity contribution is 7.99. The molecule has 1 aromatic heterocycles. The average molecular weight is 531 g/mol. The van der Waals surface area contributed by atoms with Gasteiger partial charge in [0.2, 0.25) is 5.95 Å². The number of anilines is 3. The lowest BCUT2D eigenvalue weighted by Crippen LogP contribution is -2.17. The normalized spacial score (nSPS) is 11.1. The number of benzene rings is 3. The van der Waals surface area contributed by atoms with E-state index >= 15 is 0 Å². The van der Waals surface area contributed by atoms with Crippen molar-refractivity contribution in [3.63, 3.8) is 0 Å². The zero-order valence-electron chi connectivity index (χ0n) is 22.5. The SMILES string of the molecule is CCOc1cc(/C=N\Nc2cc(N(C)C)nc(N(C)C)n2)ccc1OCCSc1cccc2ccccc12. The maximum absolute atomic E-state index is 6.09. The Morgan fingerprint density at radius 2 is 1.71 bits per heavy atom. The maximum atomic E-state index is 6.09. The fraction of sp³-hybridized carbons (Fsp3) is 0.276. The Balaban J connectivity index is 1.38. The van der Waals surface area contributed by atoms with E-state index in [1.807, 2.05) is 69.2 Å². The van der Waals surface area contributed by atoms with Gasteiger partial charge in [0.25, 0.3) is 0 Å². The molecule has 8 nitrogen and oxygen atoms in total. The second-order valence-corrected chi connectivity index (χ2v) is 10.0. The molecule has 0 radical (unpaired) electrons. The van der Waals surface area contributed by atoms with Crippen molar-refractivity contribution in [3.8, 4) is 11.5 Å². The zero-order chi connectivity index (χ0) is 26.9. The summed E-state index contributed by atoms with van der Waals surface area (Å²) in [7, 11) is 7.69. The number of fused-ring (bicyclic) bond motifs is 1. The number of hydrazone groups is 1. The molecule has 9 heteroatoms. The van der Waals surface area contributed by atoms with E-state index in [1.165, 1.54) is 15.7 Å². The van der Waals surface area contributed by atoms with Crippen LogP contribution in [0.15, 0.2) is 76.7 Å². The van der Waals surface area contributed by atoms with Gasteiger partial charge in [0.05, 0.1) is 19.4 Å². The standard InChI is InChI=1S/C29H34N6O2S/c1-6-36-25-18-21(20-30-33-27-19-28(34(2)3)32-29(31-27)35(4)5)14-15-24(25)37-16-17-38-26-13-9-11-22-10-7-8-12-23(22)26/h7-15,18-20H,6,16-17H2,1-5H3,(H,31,32,33)/b30-20-. The molecule has 198 valence electrons. The monoisotopic (exact) mass is 530 g/mol. The van der Waals surface area contributed by atoms with Crippen molar-refractivity contribution in [3.05, 3.63) is 72.3 Å². The Hall–Kier alpha value is -3.98. The molecule has 3 aromatic carbocycles. The highest BCUT2D eigenvalue weighted by Crippen LogP contribution is 2.30. The Morgan fingerprint density at radius 3 is 2.50 bits per heavy atom. The van der Waals surface area contributed by atoms with Gasteiger partial charge >= 0.3 is 0 Å². The van der Waals surface area contributed by atoms with Crippen molar-refractivity contribution in [2.24, 2.45) is 5.10 Å². The number of hydrogen-bond donors (Lipinski definition) is 1. The molecule has 0 spiro atoms. The molecule has 0 bridgehead atoms. The minimum Gasteiger partial charge on any atom is -0.490 e. The van der Waals surface area contributed by atoms with Crippen molar-refractivity contribution in [2.75, 3.05) is 62.4 Å². The highest BCUT2D eigenvalue weighted by Gasteiger charge is 2.09. The maximum Gasteiger partial charge on any atom is 0.228 e. The summed E-state index contributed by atoms with van der Waals surface area (Å²) >= 11 is 1.79. The third-order valence-corrected chi connectivity index (χ3v) is 6.61. The van der Waals surface area contributed by atoms with Gasteiger partial charge in [-0.1, -0.05) is 36.4 Å². The van der Waals surface area contributed by atoms with E-state index in [1.54, 1.807) is 18.0 Å². The minimum absolute atomic E-state index is 0.543. The van der Waals surface area contributed by atoms with E-state index in [4.69, 9.17) is 9.47 Å². The molecule has 38 heavy (non-hydrogen) atoms. The molecule has 0 aliphatic heterocycles. The summed E-state index contributed by atoms with van der Waals surface area (Å²) in [5, 5.41) is 6.89. The highest BCUT2D eigenvalue weighted by atomic mass is 32.2. The Kier molecular flexibility index (Phi) is 9.26. The average Bonchev–Trinajstić information content (AvgIpc) is 2.92. The lowest BCUT2D eigenvalue weighted by atomic mass is 10.1. The van der Waals surface area contributed by atoms with Crippen LogP contribution in [-0.4, -0.2) is 63.3 Å². The van der Waals surface area contributed by atoms with Crippen LogP contribution >= 0.6 is 11.8 Å². The first-order chi connectivity index (χ1) is 18.4. The first kappa shape index (κ1) is 27.1. The quantitative estimate of drug-likeness (QED) is 0.107. The molecule has 1 heterocycles. The first-order valence-electron chi connectivity index (χ1n) is 12.5. The molecule has 0 amide bonds. The van der Waals surface area contributed by atoms with Crippen molar-refractivity contribution in [2.45, 2.75) is 11.8 Å². The van der Waals surface area contributed by atoms with E-state index in [0.29, 0.717) is 30.7 Å². The van der Waals surface area contributed by atoms with Crippen molar-refractivity contribution < 1.29 is 9.47 Å². The molecule has 4 aromatic rings. The summed E-state index contributed by atoms with van der Waals surface area (Å²) in [6, 6.07) is 22.5. The number of thioether (sulfide) groups is 1. The zero-order valence-corrected chi connectivity index (χ0v) is 23.3. The number of rotatable bonds is 12. The van der Waals surface area contributed by atoms with Gasteiger partial charge in [-0.15, -0.1) is 11.8 Å². The second-order valence-electron chi connectivity index (χ2n) is 8.88. The first-order valence-corrected chi connectivity index (χ1v) is 13.5. The van der Waals surface area contributed by atoms with Gasteiger partial charge in [-0.05, 0) is 47.5 Å². The second kappa shape index (κ2) is 13.0. The molecule has 0 fully saturated rings. The van der Waals surface area contributed by atoms with Crippen LogP contribution in [0.5, 0.6) is 11.5 Å². The fourth-order valence-electron chi connectivity index (χ4n) is 3.70. The van der Waals surface area contributed by atoms with Crippen LogP contribution in [0.25, 0.3) is 10.8 Å². The lowest BCUT2D eigenvalue weighted by molar-refractivity contribution is 0.289. The molecule has 0 saturated carbocycles. The molecular weight excluding hydrogens is 496 g/mol. The van der Waals surface area contributed by atoms with Gasteiger partial charge in [0, 0.05) is 44.9 Å². The Morgan fingerprint density at radius 1 is 0.895 bits per heavy atom. The Labute approximate surface area is 228 Å². The summed E-state index contributed by atoms with van der Waals surface area (Å²) in [4.78, 5) is 14.1. The molecule has 4 rings (SSSR count). The van der Waals surface area contributed by atoms with Crippen molar-refractivity contribution in [1.29, 1.82) is 0 Å². The summed E-state index contributed by atoms with van der Waals surface area (Å²) in [5.74, 6) is 4.25. The van der Waals surface area contributed by atoms with Crippen LogP contribution in [-0.2, 0) is 0 Å². The van der Waals surface area contributed by atoms with Crippen LogP contribution in [0.1, 0.15) is 12.5 Å². The van der Waals surface area contributed by atoms with E-state index in [-0.39, 0.29) is 0 Å². The number of ether oxygens (including phenoxy) is 2. The van der Waals surface area contributed by atoms with Gasteiger partial charge in [-0.3, -0.25) is 5.43 Å². The van der Waals surface area contributed by atoms with Crippen molar-refractivity contribution in [1.82, 2.24) is 9.97 Å². The number of aromatic nitrogens is 2. The Bertz CT molecular complexity index is 1360. The molecule has 0 aliphatic rings. The van der Waals surface area contributed by atoms with Crippen LogP contribution in [0.4, 0.5) is 17.6 Å². The van der Waals surface area contributed by atoms with Crippen molar-refractivity contribution >= 4 is 46.3 Å². The van der Waals surface area contributed by atoms with E-state index in [9.17, 15) is 0 Å². The molecular formula is C29H34N6O2S. The largest absolute Gasteiger partial charge is 0.490 e. The smallest absolute Gasteiger partial charge is 0.228 e. The van der Waals surface area contributed by atoms with Crippen LogP contribution in [0.3, 0.4) is 0 Å². The van der Waals surface area contributed by atoms with Gasteiger partial charge in [0.15, 0.2) is 17.3 Å². The minimum atomic E-state index is 0.543. The molecule has 1 N–H and O–H groups in total. The number of nitrogens with zero attached hydrogens (tertiary/aromatic N) is 5. The fourth-order valence-corrected chi connectivity index (χ4v) is 4.60. The predicted molar refractivity (Wildman–Crippen MR) is 160 cm³/mol. The van der Waals surface area contributed by atoms with E-state index in [2.05, 4.69) is 63.0 Å². The summed E-state index contributed by atoms with van der Waals surface area (Å²) in [6.07, 6.45) is 1.73. The number of nitrogens with one attached hydrogen (secondary N) is 1. The molecule has 0 atom stereocenters. The molecule has 0 saturated heterocycles. The topological polar surface area (TPSA) is 75.1 Å². The van der Waals surface area contributed by atoms with E-state index < -0.39 is 0 Å². The molecule has 0 unspecified atom stereocenters. The van der Waals surface area contributed by atoms with Crippen LogP contribution in [0.2, 0.25) is 0 Å². The van der Waals surface area contributed by atoms with Gasteiger partial charge < -0.3 is 19.3 Å². The number of hydrogen-bond acceptors (Lipinski definition) is 9. The third kappa shape index (κ3) is 7.07. The third-order valence-electron chi connectivity index (χ3n) is 5.57. The summed E-state index contributed by atoms with van der Waals surface area (Å²) in [5.41, 5.74) is 3.89. The van der Waals surface area contributed by atoms with Crippen LogP contribution in [0, 0.1) is 0 Å². The van der Waals surface area contributed by atoms with Gasteiger partial charge in [0.1, 0.15) is 5.82 Å².